The Balaban J connectivity index is 1.48. The minimum Gasteiger partial charge on any atom is -0.494 e. The van der Waals surface area contributed by atoms with Gasteiger partial charge in [-0.2, -0.15) is 15.1 Å². The second-order valence-electron chi connectivity index (χ2n) is 9.52. The predicted octanol–water partition coefficient (Wildman–Crippen LogP) is 4.05. The second kappa shape index (κ2) is 7.78. The molecule has 9 nitrogen and oxygen atoms in total. The Labute approximate surface area is 196 Å². The van der Waals surface area contributed by atoms with Crippen molar-refractivity contribution < 1.29 is 13.5 Å². The number of hydrogen-bond donors (Lipinski definition) is 2. The fourth-order valence-electron chi connectivity index (χ4n) is 4.78. The van der Waals surface area contributed by atoms with Crippen molar-refractivity contribution in [1.82, 2.24) is 24.7 Å². The van der Waals surface area contributed by atoms with E-state index in [0.29, 0.717) is 35.7 Å². The van der Waals surface area contributed by atoms with Gasteiger partial charge >= 0.3 is 0 Å². The standard InChI is InChI=1S/C23H28F2N8O/c1-13-27-12-33(31-13)16-7-6-14(8-17(16)34-5)28-21-29-19(26-4)18-20(30-21)32(11-22(18,2)3)15-9-23(24,25)10-15/h6-8,12,15H,9-11H2,1-5H3,(H2,26,28,29,30). The van der Waals surface area contributed by atoms with Crippen LogP contribution in [0.4, 0.5) is 32.1 Å². The molecule has 0 saturated heterocycles. The Hall–Kier alpha value is -3.50. The third-order valence-electron chi connectivity index (χ3n) is 6.44. The number of aromatic nitrogens is 5. The predicted molar refractivity (Wildman–Crippen MR) is 126 cm³/mol. The molecular weight excluding hydrogens is 442 g/mol. The molecule has 1 saturated carbocycles. The quantitative estimate of drug-likeness (QED) is 0.557. The van der Waals surface area contributed by atoms with Crippen LogP contribution in [0, 0.1) is 6.92 Å². The van der Waals surface area contributed by atoms with Crippen molar-refractivity contribution in [3.8, 4) is 11.4 Å². The van der Waals surface area contributed by atoms with Gasteiger partial charge in [0.15, 0.2) is 0 Å². The minimum absolute atomic E-state index is 0.148. The molecule has 0 bridgehead atoms. The average molecular weight is 471 g/mol. The molecule has 3 aromatic rings. The molecule has 0 atom stereocenters. The van der Waals surface area contributed by atoms with Gasteiger partial charge in [-0.3, -0.25) is 0 Å². The maximum absolute atomic E-state index is 13.6. The van der Waals surface area contributed by atoms with Crippen molar-refractivity contribution in [1.29, 1.82) is 0 Å². The second-order valence-corrected chi connectivity index (χ2v) is 9.52. The number of nitrogens with zero attached hydrogens (tertiary/aromatic N) is 6. The average Bonchev–Trinajstić information content (AvgIpc) is 3.31. The summed E-state index contributed by atoms with van der Waals surface area (Å²) >= 11 is 0. The van der Waals surface area contributed by atoms with Crippen LogP contribution >= 0.6 is 0 Å². The fourth-order valence-corrected chi connectivity index (χ4v) is 4.78. The van der Waals surface area contributed by atoms with E-state index in [1.807, 2.05) is 30.0 Å². The molecule has 1 aromatic carbocycles. The van der Waals surface area contributed by atoms with Gasteiger partial charge in [0.2, 0.25) is 5.95 Å². The van der Waals surface area contributed by atoms with Gasteiger partial charge in [-0.25, -0.2) is 18.4 Å². The van der Waals surface area contributed by atoms with Gasteiger partial charge < -0.3 is 20.3 Å². The number of alkyl halides is 2. The summed E-state index contributed by atoms with van der Waals surface area (Å²) in [5.41, 5.74) is 2.15. The maximum atomic E-state index is 13.6. The van der Waals surface area contributed by atoms with E-state index >= 15 is 0 Å². The van der Waals surface area contributed by atoms with Crippen LogP contribution in [0.2, 0.25) is 0 Å². The molecule has 2 aliphatic rings. The maximum Gasteiger partial charge on any atom is 0.252 e. The number of anilines is 4. The summed E-state index contributed by atoms with van der Waals surface area (Å²) in [4.78, 5) is 15.6. The van der Waals surface area contributed by atoms with E-state index in [0.717, 1.165) is 16.9 Å². The number of fused-ring (bicyclic) bond motifs is 1. The first kappa shape index (κ1) is 22.3. The third-order valence-corrected chi connectivity index (χ3v) is 6.44. The van der Waals surface area contributed by atoms with E-state index in [2.05, 4.69) is 39.5 Å². The monoisotopic (exact) mass is 470 g/mol. The van der Waals surface area contributed by atoms with Crippen molar-refractivity contribution in [2.24, 2.45) is 0 Å². The van der Waals surface area contributed by atoms with Crippen LogP contribution in [0.1, 0.15) is 38.1 Å². The van der Waals surface area contributed by atoms with Gasteiger partial charge in [0.25, 0.3) is 5.92 Å². The Morgan fingerprint density at radius 2 is 1.94 bits per heavy atom. The molecule has 0 amide bonds. The number of halogens is 2. The van der Waals surface area contributed by atoms with Crippen LogP contribution in [-0.4, -0.2) is 57.4 Å². The van der Waals surface area contributed by atoms with E-state index < -0.39 is 5.92 Å². The van der Waals surface area contributed by atoms with Gasteiger partial charge in [0.1, 0.15) is 35.2 Å². The molecule has 0 spiro atoms. The van der Waals surface area contributed by atoms with Crippen LogP contribution < -0.4 is 20.3 Å². The molecule has 2 aromatic heterocycles. The van der Waals surface area contributed by atoms with E-state index in [4.69, 9.17) is 9.72 Å². The number of rotatable bonds is 6. The zero-order valence-electron chi connectivity index (χ0n) is 19.9. The number of hydrogen-bond acceptors (Lipinski definition) is 8. The number of nitrogens with one attached hydrogen (secondary N) is 2. The molecule has 0 unspecified atom stereocenters. The molecular formula is C23H28F2N8O. The Morgan fingerprint density at radius 1 is 1.18 bits per heavy atom. The summed E-state index contributed by atoms with van der Waals surface area (Å²) in [6.07, 6.45) is 1.33. The lowest BCUT2D eigenvalue weighted by molar-refractivity contribution is -0.0859. The highest BCUT2D eigenvalue weighted by Gasteiger charge is 2.52. The molecule has 34 heavy (non-hydrogen) atoms. The number of ether oxygens (including phenoxy) is 1. The summed E-state index contributed by atoms with van der Waals surface area (Å²) in [6, 6.07) is 5.34. The zero-order chi connectivity index (χ0) is 24.3. The van der Waals surface area contributed by atoms with Gasteiger partial charge in [-0.15, -0.1) is 0 Å². The van der Waals surface area contributed by atoms with Crippen LogP contribution in [0.15, 0.2) is 24.5 Å². The van der Waals surface area contributed by atoms with Gasteiger partial charge in [-0.1, -0.05) is 13.8 Å². The summed E-state index contributed by atoms with van der Waals surface area (Å²) in [6.45, 7) is 6.62. The van der Waals surface area contributed by atoms with Crippen molar-refractivity contribution in [3.05, 3.63) is 35.9 Å². The van der Waals surface area contributed by atoms with Crippen molar-refractivity contribution in [2.45, 2.75) is 51.0 Å². The molecule has 0 radical (unpaired) electrons. The minimum atomic E-state index is -2.60. The highest BCUT2D eigenvalue weighted by atomic mass is 19.3. The van der Waals surface area contributed by atoms with Gasteiger partial charge in [0, 0.05) is 55.2 Å². The van der Waals surface area contributed by atoms with Crippen molar-refractivity contribution in [2.75, 3.05) is 36.2 Å². The van der Waals surface area contributed by atoms with E-state index in [-0.39, 0.29) is 24.3 Å². The van der Waals surface area contributed by atoms with E-state index in [1.54, 1.807) is 25.2 Å². The van der Waals surface area contributed by atoms with E-state index in [9.17, 15) is 8.78 Å². The largest absolute Gasteiger partial charge is 0.494 e. The lowest BCUT2D eigenvalue weighted by Gasteiger charge is -2.42. The molecule has 180 valence electrons. The smallest absolute Gasteiger partial charge is 0.252 e. The van der Waals surface area contributed by atoms with Crippen molar-refractivity contribution in [3.63, 3.8) is 0 Å². The van der Waals surface area contributed by atoms with Crippen molar-refractivity contribution >= 4 is 23.3 Å². The zero-order valence-corrected chi connectivity index (χ0v) is 19.9. The van der Waals surface area contributed by atoms with Gasteiger partial charge in [0.05, 0.1) is 7.11 Å². The summed E-state index contributed by atoms with van der Waals surface area (Å²) in [5.74, 6) is 0.430. The number of benzene rings is 1. The summed E-state index contributed by atoms with van der Waals surface area (Å²) < 4.78 is 34.5. The molecule has 1 aliphatic heterocycles. The normalized spacial score (nSPS) is 18.4. The molecule has 3 heterocycles. The van der Waals surface area contributed by atoms with Crippen LogP contribution in [0.3, 0.4) is 0 Å². The number of aryl methyl sites for hydroxylation is 1. The Bertz CT molecular complexity index is 1230. The van der Waals surface area contributed by atoms with Gasteiger partial charge in [-0.05, 0) is 19.1 Å². The molecule has 2 N–H and O–H groups in total. The first-order valence-corrected chi connectivity index (χ1v) is 11.2. The summed E-state index contributed by atoms with van der Waals surface area (Å²) in [5, 5.41) is 10.8. The van der Waals surface area contributed by atoms with Crippen LogP contribution in [0.25, 0.3) is 5.69 Å². The first-order valence-electron chi connectivity index (χ1n) is 11.2. The molecule has 1 aliphatic carbocycles. The lowest BCUT2D eigenvalue weighted by atomic mass is 9.85. The summed E-state index contributed by atoms with van der Waals surface area (Å²) in [7, 11) is 3.40. The molecule has 11 heteroatoms. The Morgan fingerprint density at radius 3 is 2.56 bits per heavy atom. The molecule has 5 rings (SSSR count). The van der Waals surface area contributed by atoms with Crippen LogP contribution in [-0.2, 0) is 5.41 Å². The van der Waals surface area contributed by atoms with E-state index in [1.165, 1.54) is 0 Å². The lowest BCUT2D eigenvalue weighted by Crippen LogP contribution is -2.51. The fraction of sp³-hybridized carbons (Fsp3) is 0.478. The highest BCUT2D eigenvalue weighted by Crippen LogP contribution is 2.50. The topological polar surface area (TPSA) is 93.0 Å². The SMILES string of the molecule is CNc1nc(Nc2ccc(-n3cnc(C)n3)c(OC)c2)nc2c1C(C)(C)CN2C1CC(F)(F)C1. The molecule has 1 fully saturated rings. The third kappa shape index (κ3) is 3.78. The van der Waals surface area contributed by atoms with Crippen LogP contribution in [0.5, 0.6) is 5.75 Å². The first-order chi connectivity index (χ1) is 16.1. The Kier molecular flexibility index (Phi) is 5.10. The number of methoxy groups -OCH3 is 1. The highest BCUT2D eigenvalue weighted by molar-refractivity contribution is 5.71.